The van der Waals surface area contributed by atoms with Gasteiger partial charge in [0.1, 0.15) is 5.75 Å². The normalized spacial score (nSPS) is 38.5. The van der Waals surface area contributed by atoms with Gasteiger partial charge < -0.3 is 14.4 Å². The topological polar surface area (TPSA) is 104 Å². The SMILES string of the molecule is C[C@]12CC[C@@H]3c4ccc(OS(=O)(=O)O)cc4CC[C@H]3[C@@H]1C[C@@H](O)[C@@H]2O.[Na]. The second-order valence-electron chi connectivity index (χ2n) is 8.08. The Balaban J connectivity index is 0.00000196. The van der Waals surface area contributed by atoms with Crippen LogP contribution in [0.1, 0.15) is 49.7 Å². The van der Waals surface area contributed by atoms with Gasteiger partial charge in [-0.2, -0.15) is 8.42 Å². The molecule has 8 heteroatoms. The summed E-state index contributed by atoms with van der Waals surface area (Å²) in [4.78, 5) is 0. The maximum atomic E-state index is 10.9. The minimum absolute atomic E-state index is 0. The molecule has 6 nitrogen and oxygen atoms in total. The van der Waals surface area contributed by atoms with Gasteiger partial charge >= 0.3 is 10.4 Å². The van der Waals surface area contributed by atoms with Crippen molar-refractivity contribution in [3.63, 3.8) is 0 Å². The molecule has 4 rings (SSSR count). The van der Waals surface area contributed by atoms with Crippen molar-refractivity contribution in [3.05, 3.63) is 29.3 Å². The van der Waals surface area contributed by atoms with Gasteiger partial charge in [-0.3, -0.25) is 4.55 Å². The number of aryl methyl sites for hydroxylation is 1. The molecular formula is C18H24NaO6S. The molecule has 0 saturated heterocycles. The van der Waals surface area contributed by atoms with Gasteiger partial charge in [0.25, 0.3) is 0 Å². The Morgan fingerprint density at radius 3 is 2.65 bits per heavy atom. The maximum Gasteiger partial charge on any atom is 0.446 e. The zero-order valence-corrected chi connectivity index (χ0v) is 17.9. The summed E-state index contributed by atoms with van der Waals surface area (Å²) in [6, 6.07) is 5.18. The summed E-state index contributed by atoms with van der Waals surface area (Å²) >= 11 is 0. The molecule has 1 aromatic carbocycles. The number of rotatable bonds is 2. The average molecular weight is 391 g/mol. The van der Waals surface area contributed by atoms with Crippen LogP contribution in [0.25, 0.3) is 0 Å². The molecule has 0 aliphatic heterocycles. The first kappa shape index (κ1) is 20.6. The minimum atomic E-state index is -4.51. The number of aliphatic hydroxyl groups excluding tert-OH is 2. The minimum Gasteiger partial charge on any atom is -0.390 e. The van der Waals surface area contributed by atoms with Crippen LogP contribution in [0.5, 0.6) is 5.75 Å². The zero-order valence-electron chi connectivity index (χ0n) is 15.1. The summed E-state index contributed by atoms with van der Waals surface area (Å²) in [6.07, 6.45) is 2.95. The summed E-state index contributed by atoms with van der Waals surface area (Å²) < 4.78 is 35.2. The second-order valence-corrected chi connectivity index (χ2v) is 9.10. The van der Waals surface area contributed by atoms with E-state index >= 15 is 0 Å². The first-order valence-corrected chi connectivity index (χ1v) is 10.2. The van der Waals surface area contributed by atoms with Crippen molar-refractivity contribution >= 4 is 40.0 Å². The molecule has 0 aromatic heterocycles. The molecule has 0 bridgehead atoms. The predicted molar refractivity (Wildman–Crippen MR) is 96.4 cm³/mol. The van der Waals surface area contributed by atoms with Crippen molar-refractivity contribution in [2.45, 2.75) is 57.2 Å². The van der Waals surface area contributed by atoms with Gasteiger partial charge in [-0.25, -0.2) is 0 Å². The predicted octanol–water partition coefficient (Wildman–Crippen LogP) is 1.68. The van der Waals surface area contributed by atoms with E-state index in [1.165, 1.54) is 5.56 Å². The van der Waals surface area contributed by atoms with Crippen molar-refractivity contribution < 1.29 is 27.4 Å². The van der Waals surface area contributed by atoms with Crippen LogP contribution in [-0.2, 0) is 16.8 Å². The molecule has 2 fully saturated rings. The number of benzene rings is 1. The van der Waals surface area contributed by atoms with E-state index in [2.05, 4.69) is 11.1 Å². The molecular weight excluding hydrogens is 367 g/mol. The van der Waals surface area contributed by atoms with Crippen molar-refractivity contribution in [2.75, 3.05) is 0 Å². The molecule has 3 aliphatic carbocycles. The van der Waals surface area contributed by atoms with Gasteiger partial charge in [-0.05, 0) is 78.5 Å². The maximum absolute atomic E-state index is 10.9. The number of fused-ring (bicyclic) bond motifs is 5. The molecule has 1 aromatic rings. The first-order valence-electron chi connectivity index (χ1n) is 8.85. The fourth-order valence-electron chi connectivity index (χ4n) is 5.72. The molecule has 2 saturated carbocycles. The van der Waals surface area contributed by atoms with Crippen molar-refractivity contribution in [3.8, 4) is 5.75 Å². The molecule has 0 spiro atoms. The van der Waals surface area contributed by atoms with Crippen molar-refractivity contribution in [2.24, 2.45) is 17.3 Å². The van der Waals surface area contributed by atoms with Crippen LogP contribution in [0.15, 0.2) is 18.2 Å². The number of aliphatic hydroxyl groups is 2. The Hall–Kier alpha value is -0.150. The quantitative estimate of drug-likeness (QED) is 0.523. The van der Waals surface area contributed by atoms with Crippen molar-refractivity contribution in [1.29, 1.82) is 0 Å². The molecule has 26 heavy (non-hydrogen) atoms. The van der Waals surface area contributed by atoms with Crippen LogP contribution >= 0.6 is 0 Å². The third-order valence-electron chi connectivity index (χ3n) is 6.87. The first-order chi connectivity index (χ1) is 11.7. The van der Waals surface area contributed by atoms with E-state index < -0.39 is 22.6 Å². The number of hydrogen-bond acceptors (Lipinski definition) is 5. The largest absolute Gasteiger partial charge is 0.446 e. The molecule has 6 atom stereocenters. The Morgan fingerprint density at radius 2 is 1.96 bits per heavy atom. The van der Waals surface area contributed by atoms with Gasteiger partial charge in [-0.15, -0.1) is 0 Å². The third-order valence-corrected chi connectivity index (χ3v) is 7.28. The molecule has 0 heterocycles. The molecule has 0 unspecified atom stereocenters. The molecule has 3 N–H and O–H groups in total. The van der Waals surface area contributed by atoms with Crippen LogP contribution in [0.3, 0.4) is 0 Å². The van der Waals surface area contributed by atoms with E-state index in [1.54, 1.807) is 12.1 Å². The summed E-state index contributed by atoms with van der Waals surface area (Å²) in [5.74, 6) is 1.22. The Morgan fingerprint density at radius 1 is 1.23 bits per heavy atom. The summed E-state index contributed by atoms with van der Waals surface area (Å²) in [5, 5.41) is 20.6. The van der Waals surface area contributed by atoms with Gasteiger partial charge in [0, 0.05) is 29.6 Å². The van der Waals surface area contributed by atoms with Crippen LogP contribution in [0.2, 0.25) is 0 Å². The van der Waals surface area contributed by atoms with E-state index in [-0.39, 0.29) is 40.7 Å². The standard InChI is InChI=1S/C18H24O6S.Na/c1-18-7-6-13-12-5-3-11(24-25(21,22)23)8-10(12)2-4-14(13)15(18)9-16(19)17(18)20;/h3,5,8,13-17,19-20H,2,4,6-7,9H2,1H3,(H,21,22,23);/t13-,14-,15+,16-,17+,18+;/m1./s1. The van der Waals surface area contributed by atoms with Crippen molar-refractivity contribution in [1.82, 2.24) is 0 Å². The van der Waals surface area contributed by atoms with Crippen LogP contribution in [-0.4, -0.2) is 64.9 Å². The molecule has 1 radical (unpaired) electrons. The van der Waals surface area contributed by atoms with Gasteiger partial charge in [0.15, 0.2) is 0 Å². The summed E-state index contributed by atoms with van der Waals surface area (Å²) in [6.45, 7) is 2.10. The Kier molecular flexibility index (Phi) is 5.56. The van der Waals surface area contributed by atoms with E-state index in [4.69, 9.17) is 4.55 Å². The second kappa shape index (κ2) is 7.03. The van der Waals surface area contributed by atoms with E-state index in [1.807, 2.05) is 6.07 Å². The van der Waals surface area contributed by atoms with Gasteiger partial charge in [0.05, 0.1) is 12.2 Å². The van der Waals surface area contributed by atoms with Crippen LogP contribution in [0.4, 0.5) is 0 Å². The van der Waals surface area contributed by atoms with Crippen LogP contribution < -0.4 is 4.18 Å². The van der Waals surface area contributed by atoms with E-state index in [0.29, 0.717) is 24.2 Å². The summed E-state index contributed by atoms with van der Waals surface area (Å²) in [7, 11) is -4.51. The zero-order chi connectivity index (χ0) is 18.0. The molecule has 0 amide bonds. The number of hydrogen-bond donors (Lipinski definition) is 3. The fourth-order valence-corrected chi connectivity index (χ4v) is 6.07. The Bertz CT molecular complexity index is 797. The van der Waals surface area contributed by atoms with E-state index in [0.717, 1.165) is 31.2 Å². The average Bonchev–Trinajstić information content (AvgIpc) is 2.76. The van der Waals surface area contributed by atoms with Gasteiger partial charge in [-0.1, -0.05) is 13.0 Å². The third kappa shape index (κ3) is 3.36. The molecule has 139 valence electrons. The summed E-state index contributed by atoms with van der Waals surface area (Å²) in [5.41, 5.74) is 2.05. The van der Waals surface area contributed by atoms with E-state index in [9.17, 15) is 18.6 Å². The fraction of sp³-hybridized carbons (Fsp3) is 0.667. The molecule has 3 aliphatic rings. The monoisotopic (exact) mass is 391 g/mol. The Labute approximate surface area is 176 Å². The smallest absolute Gasteiger partial charge is 0.390 e. The van der Waals surface area contributed by atoms with Crippen LogP contribution in [0, 0.1) is 17.3 Å². The van der Waals surface area contributed by atoms with Gasteiger partial charge in [0.2, 0.25) is 0 Å².